The van der Waals surface area contributed by atoms with Gasteiger partial charge in [-0.15, -0.1) is 0 Å². The minimum atomic E-state index is -0.235. The highest BCUT2D eigenvalue weighted by molar-refractivity contribution is 5.78. The molecule has 3 N–H and O–H groups in total. The molecule has 1 aliphatic heterocycles. The molecule has 1 aromatic carbocycles. The molecule has 1 aliphatic rings. The van der Waals surface area contributed by atoms with Crippen LogP contribution in [-0.4, -0.2) is 37.5 Å². The zero-order valence-corrected chi connectivity index (χ0v) is 11.8. The van der Waals surface area contributed by atoms with Gasteiger partial charge >= 0.3 is 0 Å². The van der Waals surface area contributed by atoms with E-state index in [0.717, 1.165) is 31.5 Å². The largest absolute Gasteiger partial charge is 0.359 e. The van der Waals surface area contributed by atoms with E-state index in [4.69, 9.17) is 5.73 Å². The third-order valence-corrected chi connectivity index (χ3v) is 4.04. The smallest absolute Gasteiger partial charge is 0.222 e. The Balaban J connectivity index is 2.02. The lowest BCUT2D eigenvalue weighted by atomic mass is 9.93. The van der Waals surface area contributed by atoms with Crippen LogP contribution in [0.2, 0.25) is 0 Å². The van der Waals surface area contributed by atoms with Crippen molar-refractivity contribution in [3.8, 4) is 0 Å². The number of hydrogen-bond acceptors (Lipinski definition) is 3. The second kappa shape index (κ2) is 6.81. The summed E-state index contributed by atoms with van der Waals surface area (Å²) >= 11 is 0. The topological polar surface area (TPSA) is 58.4 Å². The molecule has 5 heteroatoms. The number of hydrogen-bond donors (Lipinski definition) is 2. The van der Waals surface area contributed by atoms with Gasteiger partial charge < -0.3 is 11.1 Å². The molecule has 1 saturated heterocycles. The Hall–Kier alpha value is -1.46. The summed E-state index contributed by atoms with van der Waals surface area (Å²) in [6, 6.07) is 6.63. The van der Waals surface area contributed by atoms with E-state index in [1.165, 1.54) is 6.07 Å². The van der Waals surface area contributed by atoms with Crippen LogP contribution in [0.25, 0.3) is 0 Å². The minimum Gasteiger partial charge on any atom is -0.359 e. The van der Waals surface area contributed by atoms with Gasteiger partial charge in [-0.05, 0) is 43.6 Å². The molecule has 1 unspecified atom stereocenters. The summed E-state index contributed by atoms with van der Waals surface area (Å²) in [6.07, 6.45) is 1.65. The van der Waals surface area contributed by atoms with Crippen molar-refractivity contribution in [2.75, 3.05) is 26.7 Å². The third-order valence-electron chi connectivity index (χ3n) is 4.04. The summed E-state index contributed by atoms with van der Waals surface area (Å²) in [5.74, 6) is -0.0388. The first-order valence-corrected chi connectivity index (χ1v) is 7.07. The van der Waals surface area contributed by atoms with Gasteiger partial charge in [0, 0.05) is 25.6 Å². The molecule has 20 heavy (non-hydrogen) atoms. The van der Waals surface area contributed by atoms with E-state index in [1.54, 1.807) is 19.2 Å². The number of nitrogens with one attached hydrogen (secondary N) is 1. The zero-order chi connectivity index (χ0) is 14.5. The summed E-state index contributed by atoms with van der Waals surface area (Å²) in [5, 5.41) is 2.70. The molecule has 1 heterocycles. The summed E-state index contributed by atoms with van der Waals surface area (Å²) in [5.41, 5.74) is 6.77. The first kappa shape index (κ1) is 14.9. The SMILES string of the molecule is CNC(=O)C1CCN(C(CN)c2cccc(F)c2)CC1. The van der Waals surface area contributed by atoms with Crippen LogP contribution in [-0.2, 0) is 4.79 Å². The predicted octanol–water partition coefficient (Wildman–Crippen LogP) is 1.28. The molecule has 1 fully saturated rings. The number of nitrogens with two attached hydrogens (primary N) is 1. The van der Waals surface area contributed by atoms with Crippen molar-refractivity contribution in [1.29, 1.82) is 0 Å². The van der Waals surface area contributed by atoms with Crippen LogP contribution < -0.4 is 11.1 Å². The van der Waals surface area contributed by atoms with Crippen molar-refractivity contribution >= 4 is 5.91 Å². The Kier molecular flexibility index (Phi) is 5.09. The number of carbonyl (C=O) groups excluding carboxylic acids is 1. The molecular formula is C15H22FN3O. The van der Waals surface area contributed by atoms with E-state index < -0.39 is 0 Å². The first-order valence-electron chi connectivity index (χ1n) is 7.07. The molecule has 1 aromatic rings. The lowest BCUT2D eigenvalue weighted by Crippen LogP contribution is -2.43. The van der Waals surface area contributed by atoms with Crippen molar-refractivity contribution in [3.05, 3.63) is 35.6 Å². The van der Waals surface area contributed by atoms with Gasteiger partial charge in [0.05, 0.1) is 0 Å². The molecule has 110 valence electrons. The predicted molar refractivity (Wildman–Crippen MR) is 76.6 cm³/mol. The van der Waals surface area contributed by atoms with Crippen LogP contribution >= 0.6 is 0 Å². The van der Waals surface area contributed by atoms with Crippen LogP contribution in [0.4, 0.5) is 4.39 Å². The van der Waals surface area contributed by atoms with E-state index in [9.17, 15) is 9.18 Å². The number of piperidine rings is 1. The number of benzene rings is 1. The van der Waals surface area contributed by atoms with Gasteiger partial charge in [0.15, 0.2) is 0 Å². The van der Waals surface area contributed by atoms with Gasteiger partial charge in [0.25, 0.3) is 0 Å². The van der Waals surface area contributed by atoms with E-state index in [0.29, 0.717) is 6.54 Å². The van der Waals surface area contributed by atoms with E-state index in [1.807, 2.05) is 6.07 Å². The fourth-order valence-electron chi connectivity index (χ4n) is 2.89. The Labute approximate surface area is 119 Å². The zero-order valence-electron chi connectivity index (χ0n) is 11.8. The number of carbonyl (C=O) groups is 1. The van der Waals surface area contributed by atoms with Crippen LogP contribution in [0.1, 0.15) is 24.4 Å². The highest BCUT2D eigenvalue weighted by Crippen LogP contribution is 2.26. The fourth-order valence-corrected chi connectivity index (χ4v) is 2.89. The lowest BCUT2D eigenvalue weighted by molar-refractivity contribution is -0.126. The van der Waals surface area contributed by atoms with Crippen LogP contribution in [0.5, 0.6) is 0 Å². The molecular weight excluding hydrogens is 257 g/mol. The van der Waals surface area contributed by atoms with E-state index in [2.05, 4.69) is 10.2 Å². The quantitative estimate of drug-likeness (QED) is 0.873. The van der Waals surface area contributed by atoms with Gasteiger partial charge in [-0.25, -0.2) is 4.39 Å². The number of rotatable bonds is 4. The normalized spacial score (nSPS) is 18.8. The summed E-state index contributed by atoms with van der Waals surface area (Å²) in [6.45, 7) is 2.08. The monoisotopic (exact) mass is 279 g/mol. The van der Waals surface area contributed by atoms with Crippen molar-refractivity contribution in [2.45, 2.75) is 18.9 Å². The fraction of sp³-hybridized carbons (Fsp3) is 0.533. The third kappa shape index (κ3) is 3.35. The number of amides is 1. The number of nitrogens with zero attached hydrogens (tertiary/aromatic N) is 1. The molecule has 1 atom stereocenters. The molecule has 0 aromatic heterocycles. The maximum absolute atomic E-state index is 13.3. The van der Waals surface area contributed by atoms with Gasteiger partial charge in [-0.1, -0.05) is 12.1 Å². The van der Waals surface area contributed by atoms with E-state index >= 15 is 0 Å². The summed E-state index contributed by atoms with van der Waals surface area (Å²) in [7, 11) is 1.67. The van der Waals surface area contributed by atoms with Crippen LogP contribution in [0.15, 0.2) is 24.3 Å². The molecule has 0 aliphatic carbocycles. The first-order chi connectivity index (χ1) is 9.65. The van der Waals surface area contributed by atoms with Gasteiger partial charge in [0.1, 0.15) is 5.82 Å². The highest BCUT2D eigenvalue weighted by atomic mass is 19.1. The molecule has 0 spiro atoms. The number of likely N-dealkylation sites (tertiary alicyclic amines) is 1. The van der Waals surface area contributed by atoms with Gasteiger partial charge in [-0.3, -0.25) is 9.69 Å². The maximum Gasteiger partial charge on any atom is 0.222 e. The second-order valence-corrected chi connectivity index (χ2v) is 5.23. The molecule has 0 saturated carbocycles. The van der Waals surface area contributed by atoms with Crippen molar-refractivity contribution in [2.24, 2.45) is 11.7 Å². The Morgan fingerprint density at radius 3 is 2.75 bits per heavy atom. The molecule has 4 nitrogen and oxygen atoms in total. The molecule has 2 rings (SSSR count). The Morgan fingerprint density at radius 1 is 1.50 bits per heavy atom. The highest BCUT2D eigenvalue weighted by Gasteiger charge is 2.28. The average Bonchev–Trinajstić information content (AvgIpc) is 2.48. The summed E-state index contributed by atoms with van der Waals surface area (Å²) in [4.78, 5) is 13.9. The van der Waals surface area contributed by atoms with Crippen LogP contribution in [0.3, 0.4) is 0 Å². The number of halogens is 1. The molecule has 0 bridgehead atoms. The Bertz CT molecular complexity index is 458. The van der Waals surface area contributed by atoms with Gasteiger partial charge in [-0.2, -0.15) is 0 Å². The second-order valence-electron chi connectivity index (χ2n) is 5.23. The summed E-state index contributed by atoms with van der Waals surface area (Å²) < 4.78 is 13.3. The lowest BCUT2D eigenvalue weighted by Gasteiger charge is -2.36. The average molecular weight is 279 g/mol. The maximum atomic E-state index is 13.3. The van der Waals surface area contributed by atoms with Crippen molar-refractivity contribution < 1.29 is 9.18 Å². The standard InChI is InChI=1S/C15H22FN3O/c1-18-15(20)11-5-7-19(8-6-11)14(10-17)12-3-2-4-13(16)9-12/h2-4,9,11,14H,5-8,10,17H2,1H3,(H,18,20). The Morgan fingerprint density at radius 2 is 2.20 bits per heavy atom. The van der Waals surface area contributed by atoms with Crippen LogP contribution in [0, 0.1) is 11.7 Å². The molecule has 0 radical (unpaired) electrons. The van der Waals surface area contributed by atoms with Crippen molar-refractivity contribution in [1.82, 2.24) is 10.2 Å². The van der Waals surface area contributed by atoms with E-state index in [-0.39, 0.29) is 23.7 Å². The van der Waals surface area contributed by atoms with Gasteiger partial charge in [0.2, 0.25) is 5.91 Å². The minimum absolute atomic E-state index is 0.0244. The van der Waals surface area contributed by atoms with Crippen molar-refractivity contribution in [3.63, 3.8) is 0 Å². The molecule has 1 amide bonds.